The van der Waals surface area contributed by atoms with Crippen LogP contribution in [0.2, 0.25) is 0 Å². The molecule has 0 bridgehead atoms. The van der Waals surface area contributed by atoms with Crippen molar-refractivity contribution in [2.75, 3.05) is 0 Å². The summed E-state index contributed by atoms with van der Waals surface area (Å²) in [5.41, 5.74) is 2.70. The molecule has 1 nitrogen and oxygen atoms in total. The Bertz CT molecular complexity index is 317. The van der Waals surface area contributed by atoms with Crippen LogP contribution in [0.4, 0.5) is 0 Å². The van der Waals surface area contributed by atoms with Crippen molar-refractivity contribution in [2.24, 2.45) is 0 Å². The van der Waals surface area contributed by atoms with Crippen molar-refractivity contribution >= 4 is 0 Å². The van der Waals surface area contributed by atoms with Crippen LogP contribution in [-0.2, 0) is 0 Å². The summed E-state index contributed by atoms with van der Waals surface area (Å²) < 4.78 is 5.76. The second kappa shape index (κ2) is 5.20. The molecule has 15 heavy (non-hydrogen) atoms. The molecule has 0 aromatic heterocycles. The number of ether oxygens (including phenoxy) is 1. The van der Waals surface area contributed by atoms with E-state index >= 15 is 0 Å². The summed E-state index contributed by atoms with van der Waals surface area (Å²) >= 11 is 0. The van der Waals surface area contributed by atoms with Crippen molar-refractivity contribution < 1.29 is 4.74 Å². The number of hydrogen-bond donors (Lipinski definition) is 0. The predicted molar refractivity (Wildman–Crippen MR) is 65.6 cm³/mol. The third-order valence-corrected chi connectivity index (χ3v) is 2.71. The summed E-state index contributed by atoms with van der Waals surface area (Å²) in [7, 11) is 0. The molecule has 1 aromatic rings. The lowest BCUT2D eigenvalue weighted by molar-refractivity contribution is 0.179. The minimum absolute atomic E-state index is 0.366. The average Bonchev–Trinajstić information content (AvgIpc) is 2.22. The van der Waals surface area contributed by atoms with E-state index in [-0.39, 0.29) is 0 Å². The van der Waals surface area contributed by atoms with E-state index in [1.54, 1.807) is 0 Å². The van der Waals surface area contributed by atoms with E-state index < -0.39 is 0 Å². The highest BCUT2D eigenvalue weighted by Gasteiger charge is 2.21. The normalized spacial score (nSPS) is 23.3. The molecule has 2 rings (SSSR count). The Morgan fingerprint density at radius 2 is 1.87 bits per heavy atom. The van der Waals surface area contributed by atoms with Gasteiger partial charge in [0.2, 0.25) is 0 Å². The lowest BCUT2D eigenvalue weighted by Crippen LogP contribution is -2.21. The number of rotatable bonds is 0. The highest BCUT2D eigenvalue weighted by molar-refractivity contribution is 5.40. The third kappa shape index (κ3) is 2.74. The molecule has 2 unspecified atom stereocenters. The largest absolute Gasteiger partial charge is 0.490 e. The fraction of sp³-hybridized carbons (Fsp3) is 0.571. The van der Waals surface area contributed by atoms with E-state index in [2.05, 4.69) is 39.0 Å². The zero-order valence-electron chi connectivity index (χ0n) is 10.5. The van der Waals surface area contributed by atoms with Gasteiger partial charge in [0.1, 0.15) is 5.75 Å². The van der Waals surface area contributed by atoms with Crippen molar-refractivity contribution in [3.05, 3.63) is 29.3 Å². The first-order valence-electron chi connectivity index (χ1n) is 5.94. The average molecular weight is 206 g/mol. The van der Waals surface area contributed by atoms with Crippen molar-refractivity contribution in [3.8, 4) is 5.75 Å². The standard InChI is InChI=1S/C12H16O.C2H6/c1-8-4-5-12-11(6-8)9(2)7-10(3)13-12;1-2/h4-6,9-10H,7H2,1-3H3;1-2H3. The van der Waals surface area contributed by atoms with Crippen molar-refractivity contribution in [1.82, 2.24) is 0 Å². The Hall–Kier alpha value is -0.980. The fourth-order valence-corrected chi connectivity index (χ4v) is 2.05. The molecule has 1 aliphatic rings. The van der Waals surface area contributed by atoms with E-state index in [1.807, 2.05) is 13.8 Å². The third-order valence-electron chi connectivity index (χ3n) is 2.71. The molecule has 0 N–H and O–H groups in total. The molecule has 0 saturated carbocycles. The smallest absolute Gasteiger partial charge is 0.123 e. The summed E-state index contributed by atoms with van der Waals surface area (Å²) in [5, 5.41) is 0. The highest BCUT2D eigenvalue weighted by Crippen LogP contribution is 2.36. The second-order valence-corrected chi connectivity index (χ2v) is 4.11. The number of hydrogen-bond acceptors (Lipinski definition) is 1. The van der Waals surface area contributed by atoms with E-state index in [0.29, 0.717) is 12.0 Å². The first kappa shape index (κ1) is 12.1. The Morgan fingerprint density at radius 3 is 2.53 bits per heavy atom. The first-order chi connectivity index (χ1) is 7.16. The Labute approximate surface area is 93.5 Å². The van der Waals surface area contributed by atoms with Gasteiger partial charge >= 0.3 is 0 Å². The van der Waals surface area contributed by atoms with Crippen LogP contribution in [0.5, 0.6) is 5.75 Å². The van der Waals surface area contributed by atoms with Gasteiger partial charge in [0.05, 0.1) is 6.10 Å². The van der Waals surface area contributed by atoms with Crippen LogP contribution < -0.4 is 4.74 Å². The Kier molecular flexibility index (Phi) is 4.19. The van der Waals surface area contributed by atoms with Gasteiger partial charge in [-0.15, -0.1) is 0 Å². The Balaban J connectivity index is 0.000000531. The molecule has 0 spiro atoms. The van der Waals surface area contributed by atoms with Crippen LogP contribution in [-0.4, -0.2) is 6.10 Å². The number of fused-ring (bicyclic) bond motifs is 1. The van der Waals surface area contributed by atoms with Crippen LogP contribution in [0, 0.1) is 6.92 Å². The number of aryl methyl sites for hydroxylation is 1. The molecule has 1 aromatic carbocycles. The van der Waals surface area contributed by atoms with Gasteiger partial charge in [0.15, 0.2) is 0 Å². The Morgan fingerprint density at radius 1 is 1.20 bits per heavy atom. The van der Waals surface area contributed by atoms with Crippen LogP contribution in [0.25, 0.3) is 0 Å². The van der Waals surface area contributed by atoms with Gasteiger partial charge in [-0.3, -0.25) is 0 Å². The van der Waals surface area contributed by atoms with Crippen LogP contribution in [0.1, 0.15) is 51.2 Å². The maximum atomic E-state index is 5.76. The molecule has 0 fully saturated rings. The van der Waals surface area contributed by atoms with Crippen LogP contribution in [0.3, 0.4) is 0 Å². The van der Waals surface area contributed by atoms with E-state index in [9.17, 15) is 0 Å². The SMILES string of the molecule is CC.Cc1ccc2c(c1)C(C)CC(C)O2. The summed E-state index contributed by atoms with van der Waals surface area (Å²) in [6.45, 7) is 10.5. The van der Waals surface area contributed by atoms with Gasteiger partial charge in [-0.2, -0.15) is 0 Å². The lowest BCUT2D eigenvalue weighted by atomic mass is 9.91. The highest BCUT2D eigenvalue weighted by atomic mass is 16.5. The molecule has 1 aliphatic heterocycles. The lowest BCUT2D eigenvalue weighted by Gasteiger charge is -2.28. The topological polar surface area (TPSA) is 9.23 Å². The molecular formula is C14H22O. The molecule has 0 radical (unpaired) electrons. The van der Waals surface area contributed by atoms with Crippen molar-refractivity contribution in [2.45, 2.75) is 53.1 Å². The van der Waals surface area contributed by atoms with E-state index in [0.717, 1.165) is 12.2 Å². The van der Waals surface area contributed by atoms with Gasteiger partial charge in [-0.25, -0.2) is 0 Å². The maximum Gasteiger partial charge on any atom is 0.123 e. The van der Waals surface area contributed by atoms with Gasteiger partial charge in [0, 0.05) is 0 Å². The molecule has 2 atom stereocenters. The van der Waals surface area contributed by atoms with Crippen LogP contribution in [0.15, 0.2) is 18.2 Å². The summed E-state index contributed by atoms with van der Waals surface area (Å²) in [5.74, 6) is 1.72. The molecule has 0 saturated heterocycles. The second-order valence-electron chi connectivity index (χ2n) is 4.11. The summed E-state index contributed by atoms with van der Waals surface area (Å²) in [6.07, 6.45) is 1.50. The molecule has 84 valence electrons. The molecule has 1 heterocycles. The van der Waals surface area contributed by atoms with E-state index in [4.69, 9.17) is 4.74 Å². The van der Waals surface area contributed by atoms with Gasteiger partial charge in [-0.05, 0) is 37.8 Å². The van der Waals surface area contributed by atoms with Crippen molar-refractivity contribution in [1.29, 1.82) is 0 Å². The predicted octanol–water partition coefficient (Wildman–Crippen LogP) is 4.30. The van der Waals surface area contributed by atoms with Gasteiger partial charge in [0.25, 0.3) is 0 Å². The zero-order valence-corrected chi connectivity index (χ0v) is 10.5. The molecule has 0 amide bonds. The minimum atomic E-state index is 0.366. The molecular weight excluding hydrogens is 184 g/mol. The maximum absolute atomic E-state index is 5.76. The van der Waals surface area contributed by atoms with Gasteiger partial charge < -0.3 is 4.74 Å². The van der Waals surface area contributed by atoms with Crippen LogP contribution >= 0.6 is 0 Å². The van der Waals surface area contributed by atoms with Gasteiger partial charge in [-0.1, -0.05) is 38.5 Å². The van der Waals surface area contributed by atoms with E-state index in [1.165, 1.54) is 11.1 Å². The minimum Gasteiger partial charge on any atom is -0.490 e. The summed E-state index contributed by atoms with van der Waals surface area (Å²) in [6, 6.07) is 6.45. The fourth-order valence-electron chi connectivity index (χ4n) is 2.05. The quantitative estimate of drug-likeness (QED) is 0.615. The number of benzene rings is 1. The zero-order chi connectivity index (χ0) is 11.4. The molecule has 0 aliphatic carbocycles. The molecule has 1 heteroatoms. The monoisotopic (exact) mass is 206 g/mol. The summed E-state index contributed by atoms with van der Waals surface area (Å²) in [4.78, 5) is 0. The first-order valence-corrected chi connectivity index (χ1v) is 5.94. The van der Waals surface area contributed by atoms with Crippen molar-refractivity contribution in [3.63, 3.8) is 0 Å².